The number of aromatic amines is 1. The molecule has 0 saturated heterocycles. The molecule has 0 bridgehead atoms. The lowest BCUT2D eigenvalue weighted by Gasteiger charge is -1.87. The van der Waals surface area contributed by atoms with E-state index in [1.807, 2.05) is 18.3 Å². The number of rotatable bonds is 1. The van der Waals surface area contributed by atoms with Crippen molar-refractivity contribution in [3.05, 3.63) is 35.8 Å². The molecule has 0 aliphatic rings. The zero-order valence-corrected chi connectivity index (χ0v) is 7.60. The van der Waals surface area contributed by atoms with Crippen LogP contribution in [0.3, 0.4) is 0 Å². The number of hydrogen-bond acceptors (Lipinski definition) is 0. The first-order valence-corrected chi connectivity index (χ1v) is 4.39. The van der Waals surface area contributed by atoms with Crippen LogP contribution in [0.2, 0.25) is 0 Å². The van der Waals surface area contributed by atoms with Crippen LogP contribution in [0.15, 0.2) is 24.4 Å². The quantitative estimate of drug-likeness (QED) is 0.512. The molecule has 2 heterocycles. The highest BCUT2D eigenvalue weighted by Crippen LogP contribution is 2.02. The minimum atomic E-state index is 0.529. The van der Waals surface area contributed by atoms with Crippen molar-refractivity contribution in [1.29, 1.82) is 0 Å². The Kier molecular flexibility index (Phi) is 1.77. The highest BCUT2D eigenvalue weighted by molar-refractivity contribution is 6.16. The average Bonchev–Trinajstić information content (AvgIpc) is 2.49. The van der Waals surface area contributed by atoms with Crippen molar-refractivity contribution in [3.63, 3.8) is 0 Å². The summed E-state index contributed by atoms with van der Waals surface area (Å²) in [4.78, 5) is 3.22. The number of pyridine rings is 1. The van der Waals surface area contributed by atoms with Gasteiger partial charge in [0.2, 0.25) is 0 Å². The third-order valence-electron chi connectivity index (χ3n) is 1.95. The minimum Gasteiger partial charge on any atom is -0.240 e. The van der Waals surface area contributed by atoms with Crippen LogP contribution in [0, 0.1) is 6.92 Å². The minimum absolute atomic E-state index is 0.529. The molecule has 1 N–H and O–H groups in total. The number of aryl methyl sites for hydroxylation is 1. The van der Waals surface area contributed by atoms with Gasteiger partial charge in [-0.3, -0.25) is 0 Å². The molecule has 0 spiro atoms. The maximum absolute atomic E-state index is 5.71. The average molecular weight is 182 g/mol. The number of H-pyrrole nitrogens is 1. The number of fused-ring (bicyclic) bond motifs is 1. The molecule has 0 aliphatic carbocycles. The fourth-order valence-corrected chi connectivity index (χ4v) is 1.46. The van der Waals surface area contributed by atoms with E-state index in [9.17, 15) is 0 Å². The van der Waals surface area contributed by atoms with E-state index in [1.54, 1.807) is 0 Å². The summed E-state index contributed by atoms with van der Waals surface area (Å²) >= 11 is 5.71. The summed E-state index contributed by atoms with van der Waals surface area (Å²) in [6, 6.07) is 6.13. The largest absolute Gasteiger partial charge is 0.284 e. The van der Waals surface area contributed by atoms with Gasteiger partial charge in [0.05, 0.1) is 5.88 Å². The summed E-state index contributed by atoms with van der Waals surface area (Å²) in [5.74, 6) is 0.529. The van der Waals surface area contributed by atoms with Crippen LogP contribution in [0.5, 0.6) is 0 Å². The van der Waals surface area contributed by atoms with Gasteiger partial charge in [0, 0.05) is 6.07 Å². The third-order valence-corrected chi connectivity index (χ3v) is 2.24. The summed E-state index contributed by atoms with van der Waals surface area (Å²) < 4.78 is 2.09. The lowest BCUT2D eigenvalue weighted by atomic mass is 10.4. The van der Waals surface area contributed by atoms with Crippen molar-refractivity contribution < 1.29 is 4.40 Å². The molecular formula is C9H10ClN2+. The van der Waals surface area contributed by atoms with Gasteiger partial charge in [0.25, 0.3) is 5.65 Å². The molecule has 0 atom stereocenters. The number of nitrogens with one attached hydrogen (secondary N) is 1. The Morgan fingerprint density at radius 1 is 1.50 bits per heavy atom. The molecule has 2 aromatic heterocycles. The van der Waals surface area contributed by atoms with Crippen LogP contribution < -0.4 is 4.40 Å². The second-order valence-electron chi connectivity index (χ2n) is 2.84. The molecule has 0 saturated carbocycles. The zero-order chi connectivity index (χ0) is 8.55. The lowest BCUT2D eigenvalue weighted by Crippen LogP contribution is -2.21. The van der Waals surface area contributed by atoms with Gasteiger partial charge in [-0.15, -0.1) is 11.6 Å². The summed E-state index contributed by atoms with van der Waals surface area (Å²) in [5, 5.41) is 0. The molecule has 0 amide bonds. The molecule has 62 valence electrons. The van der Waals surface area contributed by atoms with E-state index in [2.05, 4.69) is 22.4 Å². The summed E-state index contributed by atoms with van der Waals surface area (Å²) in [5.41, 5.74) is 3.34. The normalized spacial score (nSPS) is 10.8. The number of halogens is 1. The number of nitrogens with zero attached hydrogens (tertiary/aromatic N) is 1. The van der Waals surface area contributed by atoms with E-state index in [0.717, 1.165) is 11.3 Å². The fourth-order valence-electron chi connectivity index (χ4n) is 1.32. The monoisotopic (exact) mass is 181 g/mol. The Bertz CT molecular complexity index is 406. The summed E-state index contributed by atoms with van der Waals surface area (Å²) in [7, 11) is 0. The van der Waals surface area contributed by atoms with E-state index in [4.69, 9.17) is 11.6 Å². The standard InChI is InChI=1S/C9H9ClN2/c1-7-3-2-4-9-11-8(5-10)6-12(7)9/h2-4,6H,5H2,1H3/p+1. The van der Waals surface area contributed by atoms with Crippen LogP contribution in [-0.4, -0.2) is 4.98 Å². The van der Waals surface area contributed by atoms with Crippen molar-refractivity contribution in [1.82, 2.24) is 4.98 Å². The third kappa shape index (κ3) is 1.08. The molecule has 3 heteroatoms. The predicted molar refractivity (Wildman–Crippen MR) is 48.2 cm³/mol. The molecule has 12 heavy (non-hydrogen) atoms. The molecule has 0 unspecified atom stereocenters. The van der Waals surface area contributed by atoms with Gasteiger partial charge in [0.1, 0.15) is 11.9 Å². The van der Waals surface area contributed by atoms with E-state index in [0.29, 0.717) is 5.88 Å². The predicted octanol–water partition coefficient (Wildman–Crippen LogP) is 1.80. The number of aromatic nitrogens is 2. The Hall–Kier alpha value is -1.02. The highest BCUT2D eigenvalue weighted by Gasteiger charge is 2.07. The maximum Gasteiger partial charge on any atom is 0.284 e. The Labute approximate surface area is 75.8 Å². The lowest BCUT2D eigenvalue weighted by molar-refractivity contribution is -0.518. The van der Waals surface area contributed by atoms with E-state index >= 15 is 0 Å². The second-order valence-corrected chi connectivity index (χ2v) is 3.10. The Morgan fingerprint density at radius 2 is 2.33 bits per heavy atom. The molecule has 0 aromatic carbocycles. The molecule has 2 rings (SSSR count). The molecule has 2 nitrogen and oxygen atoms in total. The van der Waals surface area contributed by atoms with Crippen molar-refractivity contribution in [2.45, 2.75) is 12.8 Å². The molecule has 2 aromatic rings. The van der Waals surface area contributed by atoms with Crippen LogP contribution in [0.4, 0.5) is 0 Å². The SMILES string of the molecule is Cc1cccc2[nH]c(CCl)c[n+]12. The van der Waals surface area contributed by atoms with Gasteiger partial charge in [-0.1, -0.05) is 6.07 Å². The first-order valence-electron chi connectivity index (χ1n) is 3.86. The van der Waals surface area contributed by atoms with Crippen molar-refractivity contribution in [2.24, 2.45) is 0 Å². The first kappa shape index (κ1) is 7.62. The van der Waals surface area contributed by atoms with Gasteiger partial charge in [-0.25, -0.2) is 9.38 Å². The number of alkyl halides is 1. The van der Waals surface area contributed by atoms with Crippen molar-refractivity contribution in [2.75, 3.05) is 0 Å². The van der Waals surface area contributed by atoms with Crippen molar-refractivity contribution in [3.8, 4) is 0 Å². The van der Waals surface area contributed by atoms with E-state index in [-0.39, 0.29) is 0 Å². The van der Waals surface area contributed by atoms with Crippen molar-refractivity contribution >= 4 is 17.2 Å². The second kappa shape index (κ2) is 2.79. The van der Waals surface area contributed by atoms with Crippen LogP contribution in [0.25, 0.3) is 5.65 Å². The van der Waals surface area contributed by atoms with Crippen LogP contribution in [0.1, 0.15) is 11.4 Å². The molecule has 0 radical (unpaired) electrons. The van der Waals surface area contributed by atoms with Gasteiger partial charge in [-0.05, 0) is 13.0 Å². The number of imidazole rings is 1. The maximum atomic E-state index is 5.71. The Balaban J connectivity index is 2.74. The smallest absolute Gasteiger partial charge is 0.240 e. The van der Waals surface area contributed by atoms with Gasteiger partial charge < -0.3 is 0 Å². The van der Waals surface area contributed by atoms with Gasteiger partial charge in [0.15, 0.2) is 5.69 Å². The number of hydrogen-bond donors (Lipinski definition) is 1. The molecule has 0 fully saturated rings. The van der Waals surface area contributed by atoms with Gasteiger partial charge in [-0.2, -0.15) is 0 Å². The first-order chi connectivity index (χ1) is 5.81. The van der Waals surface area contributed by atoms with Crippen LogP contribution in [-0.2, 0) is 5.88 Å². The molecule has 0 aliphatic heterocycles. The topological polar surface area (TPSA) is 19.9 Å². The van der Waals surface area contributed by atoms with Gasteiger partial charge >= 0.3 is 0 Å². The molecular weight excluding hydrogens is 172 g/mol. The fraction of sp³-hybridized carbons (Fsp3) is 0.222. The highest BCUT2D eigenvalue weighted by atomic mass is 35.5. The van der Waals surface area contributed by atoms with E-state index < -0.39 is 0 Å². The van der Waals surface area contributed by atoms with Crippen LogP contribution >= 0.6 is 11.6 Å². The summed E-state index contributed by atoms with van der Waals surface area (Å²) in [6.07, 6.45) is 2.03. The Morgan fingerprint density at radius 3 is 3.00 bits per heavy atom. The zero-order valence-electron chi connectivity index (χ0n) is 6.84. The summed E-state index contributed by atoms with van der Waals surface area (Å²) in [6.45, 7) is 2.07. The van der Waals surface area contributed by atoms with E-state index in [1.165, 1.54) is 5.69 Å².